The molecule has 3 heteroatoms. The van der Waals surface area contributed by atoms with Crippen molar-refractivity contribution in [1.82, 2.24) is 0 Å². The number of rotatable bonds is 4. The van der Waals surface area contributed by atoms with Crippen LogP contribution in [0.1, 0.15) is 83.8 Å². The molecule has 1 aliphatic carbocycles. The summed E-state index contributed by atoms with van der Waals surface area (Å²) < 4.78 is 1.59. The van der Waals surface area contributed by atoms with Crippen molar-refractivity contribution in [1.29, 1.82) is 0 Å². The Bertz CT molecular complexity index is 944. The number of fused-ring (bicyclic) bond motifs is 3. The van der Waals surface area contributed by atoms with E-state index in [9.17, 15) is 0 Å². The average molecular weight is 503 g/mol. The largest absolute Gasteiger partial charge is 1.00 e. The van der Waals surface area contributed by atoms with Gasteiger partial charge in [0, 0.05) is 0 Å². The van der Waals surface area contributed by atoms with Gasteiger partial charge in [0.25, 0.3) is 0 Å². The van der Waals surface area contributed by atoms with Gasteiger partial charge in [-0.3, -0.25) is 6.08 Å². The maximum Gasteiger partial charge on any atom is -0.109 e. The van der Waals surface area contributed by atoms with Crippen molar-refractivity contribution in [2.45, 2.75) is 72.6 Å². The molecule has 0 saturated heterocycles. The summed E-state index contributed by atoms with van der Waals surface area (Å²) in [5.74, 6) is 1.18. The van der Waals surface area contributed by atoms with Gasteiger partial charge < -0.3 is 24.8 Å². The molecular formula is C29H36Cl2Ti-2. The molecule has 0 N–H and O–H groups in total. The molecule has 0 unspecified atom stereocenters. The van der Waals surface area contributed by atoms with Gasteiger partial charge in [-0.15, -0.1) is 46.2 Å². The molecule has 0 fully saturated rings. The van der Waals surface area contributed by atoms with Crippen molar-refractivity contribution in [2.75, 3.05) is 0 Å². The SMILES string of the molecule is CC(C)c1ccc2c(c1)[cH-]c1cc(C(C)C)ccc12.CC[C](=[Ti+2])CC.[C-]1=CC=CC1.[Cl-].[Cl-]. The molecule has 0 bridgehead atoms. The Morgan fingerprint density at radius 1 is 0.875 bits per heavy atom. The molecule has 4 rings (SSSR count). The van der Waals surface area contributed by atoms with Gasteiger partial charge in [-0.1, -0.05) is 63.1 Å². The zero-order valence-electron chi connectivity index (χ0n) is 20.3. The van der Waals surface area contributed by atoms with Crippen molar-refractivity contribution in [2.24, 2.45) is 0 Å². The van der Waals surface area contributed by atoms with Gasteiger partial charge in [-0.05, 0) is 11.8 Å². The fourth-order valence-electron chi connectivity index (χ4n) is 3.37. The second-order valence-electron chi connectivity index (χ2n) is 8.46. The first-order chi connectivity index (χ1) is 14.4. The van der Waals surface area contributed by atoms with Crippen LogP contribution in [-0.2, 0) is 20.0 Å². The van der Waals surface area contributed by atoms with E-state index in [1.165, 1.54) is 45.5 Å². The van der Waals surface area contributed by atoms with Gasteiger partial charge in [-0.2, -0.15) is 6.08 Å². The van der Waals surface area contributed by atoms with E-state index < -0.39 is 0 Å². The van der Waals surface area contributed by atoms with Crippen molar-refractivity contribution >= 4 is 25.4 Å². The number of allylic oxidation sites excluding steroid dienone is 4. The first-order valence-electron chi connectivity index (χ1n) is 11.3. The van der Waals surface area contributed by atoms with Crippen molar-refractivity contribution in [3.05, 3.63) is 77.9 Å². The standard InChI is InChI=1S/C19H21.C5H5.C5H10.2ClH.Ti/c1-12(2)14-5-7-18-16(9-14)11-17-10-15(13(3)4)6-8-19(17)18;1-2-4-5-3-1;1-3-5-4-2;;;/h5-13H,1-4H3;1-3H,4H2;3-4H2,1-2H3;2*1H;/q2*-1;;;;+2/p-2. The predicted octanol–water partition coefficient (Wildman–Crippen LogP) is 2.80. The van der Waals surface area contributed by atoms with E-state index in [0.29, 0.717) is 11.8 Å². The third kappa shape index (κ3) is 9.07. The van der Waals surface area contributed by atoms with Gasteiger partial charge >= 0.3 is 50.5 Å². The summed E-state index contributed by atoms with van der Waals surface area (Å²) >= 11 is 2.19. The van der Waals surface area contributed by atoms with Crippen LogP contribution in [0.25, 0.3) is 21.5 Å². The van der Waals surface area contributed by atoms with E-state index in [0.717, 1.165) is 6.42 Å². The second kappa shape index (κ2) is 15.7. The molecule has 0 aromatic heterocycles. The molecule has 0 amide bonds. The van der Waals surface area contributed by atoms with Crippen molar-refractivity contribution in [3.63, 3.8) is 0 Å². The molecule has 0 saturated carbocycles. The van der Waals surface area contributed by atoms with E-state index in [1.54, 1.807) is 3.81 Å². The molecule has 0 atom stereocenters. The summed E-state index contributed by atoms with van der Waals surface area (Å²) in [4.78, 5) is 0. The molecule has 1 aliphatic rings. The maximum atomic E-state index is 2.99. The second-order valence-corrected chi connectivity index (χ2v) is 9.57. The van der Waals surface area contributed by atoms with Crippen LogP contribution in [0.4, 0.5) is 0 Å². The molecule has 32 heavy (non-hydrogen) atoms. The molecule has 0 heterocycles. The first-order valence-corrected chi connectivity index (χ1v) is 12.1. The van der Waals surface area contributed by atoms with Crippen LogP contribution in [0.5, 0.6) is 0 Å². The fourth-order valence-corrected chi connectivity index (χ4v) is 3.37. The fraction of sp³-hybridized carbons (Fsp3) is 0.379. The van der Waals surface area contributed by atoms with Gasteiger partial charge in [0.15, 0.2) is 0 Å². The van der Waals surface area contributed by atoms with Crippen LogP contribution in [-0.4, -0.2) is 3.81 Å². The molecule has 172 valence electrons. The van der Waals surface area contributed by atoms with Gasteiger partial charge in [0.2, 0.25) is 0 Å². The number of halogens is 2. The Morgan fingerprint density at radius 2 is 1.34 bits per heavy atom. The minimum Gasteiger partial charge on any atom is -1.00 e. The summed E-state index contributed by atoms with van der Waals surface area (Å²) in [5, 5.41) is 5.52. The van der Waals surface area contributed by atoms with Crippen molar-refractivity contribution in [3.8, 4) is 0 Å². The van der Waals surface area contributed by atoms with Crippen LogP contribution < -0.4 is 24.8 Å². The third-order valence-electron chi connectivity index (χ3n) is 5.53. The maximum absolute atomic E-state index is 2.99. The van der Waals surface area contributed by atoms with Crippen LogP contribution in [0.3, 0.4) is 0 Å². The Kier molecular flexibility index (Phi) is 15.2. The van der Waals surface area contributed by atoms with E-state index >= 15 is 0 Å². The molecular weight excluding hydrogens is 467 g/mol. The Labute approximate surface area is 219 Å². The zero-order valence-corrected chi connectivity index (χ0v) is 23.4. The molecule has 0 spiro atoms. The number of hydrogen-bond donors (Lipinski definition) is 0. The van der Waals surface area contributed by atoms with Crippen LogP contribution in [0.15, 0.2) is 60.7 Å². The van der Waals surface area contributed by atoms with Gasteiger partial charge in [0.1, 0.15) is 0 Å². The summed E-state index contributed by atoms with van der Waals surface area (Å²) in [6.07, 6.45) is 12.5. The van der Waals surface area contributed by atoms with Gasteiger partial charge in [0.05, 0.1) is 0 Å². The molecule has 3 aromatic carbocycles. The summed E-state index contributed by atoms with van der Waals surface area (Å²) in [6, 6.07) is 16.1. The Balaban J connectivity index is 0.000000618. The monoisotopic (exact) mass is 502 g/mol. The summed E-state index contributed by atoms with van der Waals surface area (Å²) in [5.41, 5.74) is 2.85. The number of benzene rings is 2. The minimum atomic E-state index is 0. The zero-order chi connectivity index (χ0) is 22.1. The Hall–Kier alpha value is -1.05. The predicted molar refractivity (Wildman–Crippen MR) is 132 cm³/mol. The Morgan fingerprint density at radius 3 is 1.59 bits per heavy atom. The van der Waals surface area contributed by atoms with Crippen LogP contribution in [0.2, 0.25) is 0 Å². The van der Waals surface area contributed by atoms with Gasteiger partial charge in [-0.25, -0.2) is 12.2 Å². The summed E-state index contributed by atoms with van der Waals surface area (Å²) in [7, 11) is 0. The van der Waals surface area contributed by atoms with E-state index in [-0.39, 0.29) is 24.8 Å². The normalized spacial score (nSPS) is 11.6. The van der Waals surface area contributed by atoms with E-state index in [1.807, 2.05) is 12.2 Å². The molecule has 0 aliphatic heterocycles. The van der Waals surface area contributed by atoms with E-state index in [2.05, 4.69) is 116 Å². The van der Waals surface area contributed by atoms with Crippen LogP contribution >= 0.6 is 0 Å². The van der Waals surface area contributed by atoms with Crippen LogP contribution in [0, 0.1) is 6.08 Å². The van der Waals surface area contributed by atoms with Crippen molar-refractivity contribution < 1.29 is 44.8 Å². The third-order valence-corrected chi connectivity index (χ3v) is 6.63. The van der Waals surface area contributed by atoms with E-state index in [4.69, 9.17) is 0 Å². The molecule has 0 nitrogen and oxygen atoms in total. The molecule has 0 radical (unpaired) electrons. The smallest absolute Gasteiger partial charge is 0.109 e. The quantitative estimate of drug-likeness (QED) is 0.380. The molecule has 3 aromatic rings. The minimum absolute atomic E-state index is 0. The average Bonchev–Trinajstić information content (AvgIpc) is 3.43. The summed E-state index contributed by atoms with van der Waals surface area (Å²) in [6.45, 7) is 13.4. The topological polar surface area (TPSA) is 0 Å². The first kappa shape index (κ1) is 31.0. The number of hydrogen-bond acceptors (Lipinski definition) is 0.